The van der Waals surface area contributed by atoms with Gasteiger partial charge in [0.15, 0.2) is 5.96 Å². The second kappa shape index (κ2) is 9.00. The molecule has 5 nitrogen and oxygen atoms in total. The average Bonchev–Trinajstić information content (AvgIpc) is 2.76. The minimum absolute atomic E-state index is 0.277. The van der Waals surface area contributed by atoms with E-state index in [4.69, 9.17) is 9.47 Å². The Morgan fingerprint density at radius 3 is 2.61 bits per heavy atom. The average molecular weight is 380 g/mol. The third kappa shape index (κ3) is 4.41. The van der Waals surface area contributed by atoms with E-state index < -0.39 is 0 Å². The van der Waals surface area contributed by atoms with Crippen LogP contribution in [0.4, 0.5) is 0 Å². The Morgan fingerprint density at radius 2 is 1.82 bits per heavy atom. The fraction of sp³-hybridized carbons (Fsp3) is 0.435. The van der Waals surface area contributed by atoms with Crippen molar-refractivity contribution in [2.45, 2.75) is 31.3 Å². The molecule has 5 heteroatoms. The molecule has 0 radical (unpaired) electrons. The highest BCUT2D eigenvalue weighted by Crippen LogP contribution is 2.32. The van der Waals surface area contributed by atoms with Gasteiger partial charge in [0.2, 0.25) is 0 Å². The molecule has 1 fully saturated rings. The Labute approximate surface area is 167 Å². The Hall–Kier alpha value is -2.69. The van der Waals surface area contributed by atoms with Crippen molar-refractivity contribution in [2.24, 2.45) is 4.99 Å². The van der Waals surface area contributed by atoms with Crippen LogP contribution in [0, 0.1) is 0 Å². The van der Waals surface area contributed by atoms with Gasteiger partial charge in [-0.3, -0.25) is 4.99 Å². The van der Waals surface area contributed by atoms with Crippen LogP contribution in [0.15, 0.2) is 59.6 Å². The number of fused-ring (bicyclic) bond motifs is 1. The first-order valence-electron chi connectivity index (χ1n) is 10.2. The Bertz CT molecular complexity index is 785. The van der Waals surface area contributed by atoms with Gasteiger partial charge in [-0.1, -0.05) is 36.4 Å². The number of piperidine rings is 1. The van der Waals surface area contributed by atoms with Gasteiger partial charge in [-0.05, 0) is 30.2 Å². The predicted octanol–water partition coefficient (Wildman–Crippen LogP) is 3.67. The molecular weight excluding hydrogens is 350 g/mol. The van der Waals surface area contributed by atoms with Gasteiger partial charge in [0, 0.05) is 45.4 Å². The minimum Gasteiger partial charge on any atom is -0.493 e. The summed E-state index contributed by atoms with van der Waals surface area (Å²) in [6.45, 7) is 3.58. The minimum atomic E-state index is 0.277. The molecule has 0 bridgehead atoms. The van der Waals surface area contributed by atoms with Crippen molar-refractivity contribution >= 4 is 5.96 Å². The number of benzene rings is 2. The lowest BCUT2D eigenvalue weighted by Crippen LogP contribution is -2.48. The molecule has 2 aliphatic heterocycles. The van der Waals surface area contributed by atoms with Crippen LogP contribution in [-0.2, 0) is 0 Å². The molecule has 1 saturated heterocycles. The second-order valence-corrected chi connectivity index (χ2v) is 7.42. The zero-order valence-electron chi connectivity index (χ0n) is 16.5. The molecule has 2 aromatic rings. The lowest BCUT2D eigenvalue weighted by atomic mass is 9.93. The maximum absolute atomic E-state index is 6.11. The maximum atomic E-state index is 6.11. The van der Waals surface area contributed by atoms with Crippen LogP contribution in [0.25, 0.3) is 0 Å². The summed E-state index contributed by atoms with van der Waals surface area (Å²) < 4.78 is 11.9. The van der Waals surface area contributed by atoms with Crippen LogP contribution >= 0.6 is 0 Å². The Balaban J connectivity index is 1.29. The molecule has 2 aliphatic rings. The van der Waals surface area contributed by atoms with E-state index in [1.807, 2.05) is 43.4 Å². The van der Waals surface area contributed by atoms with Crippen molar-refractivity contribution < 1.29 is 9.47 Å². The molecule has 1 unspecified atom stereocenters. The number of ether oxygens (including phenoxy) is 2. The van der Waals surface area contributed by atoms with Gasteiger partial charge in [0.25, 0.3) is 0 Å². The summed E-state index contributed by atoms with van der Waals surface area (Å²) in [5, 5.41) is 3.59. The van der Waals surface area contributed by atoms with Crippen molar-refractivity contribution in [3.63, 3.8) is 0 Å². The number of hydrogen-bond acceptors (Lipinski definition) is 3. The summed E-state index contributed by atoms with van der Waals surface area (Å²) in [6.07, 6.45) is 3.33. The van der Waals surface area contributed by atoms with Crippen LogP contribution in [0.5, 0.6) is 11.5 Å². The first-order chi connectivity index (χ1) is 13.8. The number of likely N-dealkylation sites (tertiary alicyclic amines) is 1. The fourth-order valence-electron chi connectivity index (χ4n) is 4.05. The highest BCUT2D eigenvalue weighted by molar-refractivity contribution is 5.80. The number of para-hydroxylation sites is 2. The SMILES string of the molecule is CN=C(NCC1CCOc2ccccc21)N1CCC(Oc2ccccc2)CC1. The first-order valence-corrected chi connectivity index (χ1v) is 10.2. The maximum Gasteiger partial charge on any atom is 0.193 e. The van der Waals surface area contributed by atoms with E-state index in [1.54, 1.807) is 0 Å². The third-order valence-electron chi connectivity index (χ3n) is 5.59. The quantitative estimate of drug-likeness (QED) is 0.650. The lowest BCUT2D eigenvalue weighted by Gasteiger charge is -2.35. The predicted molar refractivity (Wildman–Crippen MR) is 112 cm³/mol. The Morgan fingerprint density at radius 1 is 1.07 bits per heavy atom. The van der Waals surface area contributed by atoms with Gasteiger partial charge in [-0.2, -0.15) is 0 Å². The van der Waals surface area contributed by atoms with Crippen molar-refractivity contribution in [2.75, 3.05) is 33.3 Å². The summed E-state index contributed by atoms with van der Waals surface area (Å²) in [5.41, 5.74) is 1.30. The smallest absolute Gasteiger partial charge is 0.193 e. The second-order valence-electron chi connectivity index (χ2n) is 7.42. The van der Waals surface area contributed by atoms with E-state index in [1.165, 1.54) is 5.56 Å². The summed E-state index contributed by atoms with van der Waals surface area (Å²) in [5.74, 6) is 3.43. The monoisotopic (exact) mass is 379 g/mol. The van der Waals surface area contributed by atoms with Gasteiger partial charge < -0.3 is 19.7 Å². The highest BCUT2D eigenvalue weighted by atomic mass is 16.5. The number of rotatable bonds is 4. The molecule has 0 amide bonds. The largest absolute Gasteiger partial charge is 0.493 e. The van der Waals surface area contributed by atoms with Gasteiger partial charge in [-0.15, -0.1) is 0 Å². The zero-order chi connectivity index (χ0) is 19.2. The number of nitrogens with one attached hydrogen (secondary N) is 1. The summed E-state index contributed by atoms with van der Waals surface area (Å²) in [4.78, 5) is 6.86. The molecule has 28 heavy (non-hydrogen) atoms. The molecule has 1 N–H and O–H groups in total. The summed E-state index contributed by atoms with van der Waals surface area (Å²) in [7, 11) is 1.87. The molecule has 2 aromatic carbocycles. The molecule has 0 spiro atoms. The molecular formula is C23H29N3O2. The molecule has 4 rings (SSSR count). The van der Waals surface area contributed by atoms with Crippen LogP contribution in [0.2, 0.25) is 0 Å². The molecule has 2 heterocycles. The normalized spacial score (nSPS) is 20.2. The van der Waals surface area contributed by atoms with E-state index in [0.717, 1.165) is 63.0 Å². The molecule has 1 atom stereocenters. The van der Waals surface area contributed by atoms with E-state index in [-0.39, 0.29) is 6.10 Å². The number of aliphatic imine (C=N–C) groups is 1. The topological polar surface area (TPSA) is 46.1 Å². The molecule has 0 aliphatic carbocycles. The molecule has 0 saturated carbocycles. The van der Waals surface area contributed by atoms with Crippen LogP contribution < -0.4 is 14.8 Å². The van der Waals surface area contributed by atoms with Gasteiger partial charge in [-0.25, -0.2) is 0 Å². The van der Waals surface area contributed by atoms with Crippen molar-refractivity contribution in [1.29, 1.82) is 0 Å². The van der Waals surface area contributed by atoms with Gasteiger partial charge in [0.1, 0.15) is 17.6 Å². The molecule has 0 aromatic heterocycles. The highest BCUT2D eigenvalue weighted by Gasteiger charge is 2.25. The first kappa shape index (κ1) is 18.7. The van der Waals surface area contributed by atoms with Crippen LogP contribution in [0.3, 0.4) is 0 Å². The lowest BCUT2D eigenvalue weighted by molar-refractivity contribution is 0.129. The molecule has 148 valence electrons. The van der Waals surface area contributed by atoms with Gasteiger partial charge >= 0.3 is 0 Å². The van der Waals surface area contributed by atoms with E-state index in [9.17, 15) is 0 Å². The van der Waals surface area contributed by atoms with E-state index >= 15 is 0 Å². The fourth-order valence-corrected chi connectivity index (χ4v) is 4.05. The van der Waals surface area contributed by atoms with Crippen LogP contribution in [-0.4, -0.2) is 50.3 Å². The standard InChI is InChI=1S/C23H29N3O2/c1-24-23(25-17-18-13-16-27-22-10-6-5-9-21(18)22)26-14-11-20(12-15-26)28-19-7-3-2-4-8-19/h2-10,18,20H,11-17H2,1H3,(H,24,25). The van der Waals surface area contributed by atoms with E-state index in [0.29, 0.717) is 5.92 Å². The van der Waals surface area contributed by atoms with Crippen LogP contribution in [0.1, 0.15) is 30.7 Å². The van der Waals surface area contributed by atoms with Crippen molar-refractivity contribution in [3.8, 4) is 11.5 Å². The number of hydrogen-bond donors (Lipinski definition) is 1. The third-order valence-corrected chi connectivity index (χ3v) is 5.59. The zero-order valence-corrected chi connectivity index (χ0v) is 16.5. The van der Waals surface area contributed by atoms with Crippen molar-refractivity contribution in [1.82, 2.24) is 10.2 Å². The van der Waals surface area contributed by atoms with Crippen molar-refractivity contribution in [3.05, 3.63) is 60.2 Å². The summed E-state index contributed by atoms with van der Waals surface area (Å²) >= 11 is 0. The van der Waals surface area contributed by atoms with Gasteiger partial charge in [0.05, 0.1) is 6.61 Å². The number of guanidine groups is 1. The number of nitrogens with zero attached hydrogens (tertiary/aromatic N) is 2. The summed E-state index contributed by atoms with van der Waals surface area (Å²) in [6, 6.07) is 18.5. The van der Waals surface area contributed by atoms with E-state index in [2.05, 4.69) is 33.4 Å². The Kier molecular flexibility index (Phi) is 6.00.